The van der Waals surface area contributed by atoms with Crippen molar-refractivity contribution >= 4 is 17.9 Å². The minimum absolute atomic E-state index is 0.208. The molecule has 1 saturated carbocycles. The molecule has 18 heavy (non-hydrogen) atoms. The van der Waals surface area contributed by atoms with Crippen LogP contribution in [0.5, 0.6) is 0 Å². The van der Waals surface area contributed by atoms with Gasteiger partial charge in [-0.25, -0.2) is 0 Å². The molecule has 2 rings (SSSR count). The average molecular weight is 268 g/mol. The van der Waals surface area contributed by atoms with Gasteiger partial charge >= 0.3 is 0 Å². The van der Waals surface area contributed by atoms with Gasteiger partial charge in [0.1, 0.15) is 6.29 Å². The van der Waals surface area contributed by atoms with Crippen molar-refractivity contribution in [3.05, 3.63) is 45.0 Å². The molecule has 1 aromatic rings. The first kappa shape index (κ1) is 13.0. The number of halogens is 1. The Morgan fingerprint density at radius 2 is 2.00 bits per heavy atom. The molecule has 0 heterocycles. The predicted octanol–water partition coefficient (Wildman–Crippen LogP) is 3.07. The van der Waals surface area contributed by atoms with Gasteiger partial charge in [-0.2, -0.15) is 0 Å². The van der Waals surface area contributed by atoms with Gasteiger partial charge < -0.3 is 4.79 Å². The van der Waals surface area contributed by atoms with Gasteiger partial charge in [-0.05, 0) is 30.5 Å². The number of hydrogen-bond acceptors (Lipinski definition) is 3. The molecular formula is C13H14ClNO3. The predicted molar refractivity (Wildman–Crippen MR) is 68.4 cm³/mol. The zero-order valence-electron chi connectivity index (χ0n) is 9.84. The van der Waals surface area contributed by atoms with Gasteiger partial charge in [-0.1, -0.05) is 30.2 Å². The number of benzene rings is 1. The lowest BCUT2D eigenvalue weighted by molar-refractivity contribution is -0.486. The van der Waals surface area contributed by atoms with Crippen LogP contribution in [0.2, 0.25) is 5.02 Å². The fraction of sp³-hybridized carbons (Fsp3) is 0.462. The van der Waals surface area contributed by atoms with Crippen molar-refractivity contribution in [3.8, 4) is 0 Å². The maximum absolute atomic E-state index is 11.3. The van der Waals surface area contributed by atoms with E-state index in [1.165, 1.54) is 0 Å². The normalized spacial score (nSPS) is 18.7. The number of hydrogen-bond donors (Lipinski definition) is 0. The highest BCUT2D eigenvalue weighted by Crippen LogP contribution is 2.50. The van der Waals surface area contributed by atoms with Crippen molar-refractivity contribution in [1.29, 1.82) is 0 Å². The molecule has 0 radical (unpaired) electrons. The van der Waals surface area contributed by atoms with E-state index >= 15 is 0 Å². The molecule has 1 aliphatic carbocycles. The lowest BCUT2D eigenvalue weighted by Gasteiger charge is -2.41. The van der Waals surface area contributed by atoms with Crippen LogP contribution in [0, 0.1) is 15.5 Å². The molecular weight excluding hydrogens is 254 g/mol. The molecule has 96 valence electrons. The second-order valence-corrected chi connectivity index (χ2v) is 5.26. The molecule has 0 aromatic heterocycles. The molecule has 0 bridgehead atoms. The molecule has 1 unspecified atom stereocenters. The van der Waals surface area contributed by atoms with Crippen LogP contribution in [-0.4, -0.2) is 17.8 Å². The van der Waals surface area contributed by atoms with Crippen LogP contribution >= 0.6 is 11.6 Å². The highest BCUT2D eigenvalue weighted by Gasteiger charge is 2.47. The molecule has 0 saturated heterocycles. The van der Waals surface area contributed by atoms with E-state index in [9.17, 15) is 14.9 Å². The van der Waals surface area contributed by atoms with Gasteiger partial charge in [0.25, 0.3) is 0 Å². The maximum atomic E-state index is 11.3. The van der Waals surface area contributed by atoms with E-state index in [1.807, 2.05) is 0 Å². The summed E-state index contributed by atoms with van der Waals surface area (Å²) in [7, 11) is 0. The van der Waals surface area contributed by atoms with Gasteiger partial charge in [-0.15, -0.1) is 0 Å². The van der Waals surface area contributed by atoms with Crippen molar-refractivity contribution in [2.45, 2.75) is 25.2 Å². The van der Waals surface area contributed by atoms with E-state index in [0.717, 1.165) is 31.1 Å². The Morgan fingerprint density at radius 1 is 1.39 bits per heavy atom. The van der Waals surface area contributed by atoms with E-state index in [-0.39, 0.29) is 17.4 Å². The van der Waals surface area contributed by atoms with Crippen LogP contribution in [0.15, 0.2) is 24.3 Å². The fourth-order valence-electron chi connectivity index (χ4n) is 2.60. The number of nitrogens with zero attached hydrogens (tertiary/aromatic N) is 1. The van der Waals surface area contributed by atoms with Gasteiger partial charge in [0.15, 0.2) is 0 Å². The fourth-order valence-corrected chi connectivity index (χ4v) is 2.72. The molecule has 1 fully saturated rings. The molecule has 1 aliphatic rings. The molecule has 1 atom stereocenters. The third-order valence-electron chi connectivity index (χ3n) is 3.82. The summed E-state index contributed by atoms with van der Waals surface area (Å²) in [6.07, 6.45) is 3.33. The number of nitro groups is 1. The lowest BCUT2D eigenvalue weighted by atomic mass is 9.60. The quantitative estimate of drug-likeness (QED) is 0.468. The summed E-state index contributed by atoms with van der Waals surface area (Å²) >= 11 is 5.81. The van der Waals surface area contributed by atoms with Crippen molar-refractivity contribution in [3.63, 3.8) is 0 Å². The van der Waals surface area contributed by atoms with E-state index in [0.29, 0.717) is 5.02 Å². The summed E-state index contributed by atoms with van der Waals surface area (Å²) in [6, 6.07) is 6.97. The Morgan fingerprint density at radius 3 is 2.39 bits per heavy atom. The molecule has 0 N–H and O–H groups in total. The van der Waals surface area contributed by atoms with E-state index < -0.39 is 5.41 Å². The molecule has 4 nitrogen and oxygen atoms in total. The number of aldehydes is 1. The van der Waals surface area contributed by atoms with Crippen LogP contribution in [0.3, 0.4) is 0 Å². The van der Waals surface area contributed by atoms with Crippen LogP contribution < -0.4 is 0 Å². The van der Waals surface area contributed by atoms with Crippen molar-refractivity contribution in [1.82, 2.24) is 0 Å². The Balaban J connectivity index is 2.32. The summed E-state index contributed by atoms with van der Waals surface area (Å²) in [5.74, 6) is -0.351. The van der Waals surface area contributed by atoms with Crippen LogP contribution in [-0.2, 0) is 4.79 Å². The Bertz CT molecular complexity index is 454. The van der Waals surface area contributed by atoms with Crippen molar-refractivity contribution in [2.75, 3.05) is 6.54 Å². The summed E-state index contributed by atoms with van der Waals surface area (Å²) in [4.78, 5) is 21.8. The van der Waals surface area contributed by atoms with Gasteiger partial charge in [0.2, 0.25) is 6.54 Å². The summed E-state index contributed by atoms with van der Waals surface area (Å²) in [6.45, 7) is -0.208. The first-order valence-corrected chi connectivity index (χ1v) is 6.29. The largest absolute Gasteiger partial charge is 0.303 e. The average Bonchev–Trinajstić information content (AvgIpc) is 2.27. The Hall–Kier alpha value is -1.42. The number of carbonyl (C=O) groups excluding carboxylic acids is 1. The summed E-state index contributed by atoms with van der Waals surface area (Å²) < 4.78 is 0. The van der Waals surface area contributed by atoms with E-state index in [4.69, 9.17) is 11.6 Å². The number of rotatable bonds is 5. The van der Waals surface area contributed by atoms with Crippen LogP contribution in [0.4, 0.5) is 0 Å². The topological polar surface area (TPSA) is 60.2 Å². The Kier molecular flexibility index (Phi) is 3.66. The Labute approximate surface area is 110 Å². The van der Waals surface area contributed by atoms with E-state index in [1.54, 1.807) is 24.3 Å². The van der Waals surface area contributed by atoms with Crippen molar-refractivity contribution in [2.24, 2.45) is 5.41 Å². The van der Waals surface area contributed by atoms with Gasteiger partial charge in [0.05, 0.1) is 5.92 Å². The minimum atomic E-state index is -0.555. The highest BCUT2D eigenvalue weighted by molar-refractivity contribution is 6.30. The molecule has 0 amide bonds. The first-order chi connectivity index (χ1) is 8.57. The maximum Gasteiger partial charge on any atom is 0.211 e. The standard InChI is InChI=1S/C13H14ClNO3/c14-11-4-2-10(3-5-11)12(8-15(17)18)13(9-16)6-1-7-13/h2-5,9,12H,1,6-8H2. The minimum Gasteiger partial charge on any atom is -0.303 e. The number of carbonyl (C=O) groups is 1. The monoisotopic (exact) mass is 267 g/mol. The van der Waals surface area contributed by atoms with Gasteiger partial charge in [-0.3, -0.25) is 10.1 Å². The smallest absolute Gasteiger partial charge is 0.211 e. The lowest BCUT2D eigenvalue weighted by Crippen LogP contribution is -2.40. The van der Waals surface area contributed by atoms with Crippen LogP contribution in [0.25, 0.3) is 0 Å². The molecule has 1 aromatic carbocycles. The summed E-state index contributed by atoms with van der Waals surface area (Å²) in [5, 5.41) is 11.4. The SMILES string of the molecule is O=CC1(C(C[N+](=O)[O-])c2ccc(Cl)cc2)CCC1. The highest BCUT2D eigenvalue weighted by atomic mass is 35.5. The zero-order valence-corrected chi connectivity index (χ0v) is 10.6. The van der Waals surface area contributed by atoms with Crippen LogP contribution in [0.1, 0.15) is 30.7 Å². The molecule has 0 spiro atoms. The van der Waals surface area contributed by atoms with Crippen molar-refractivity contribution < 1.29 is 9.72 Å². The third kappa shape index (κ3) is 2.38. The second kappa shape index (κ2) is 5.06. The molecule has 0 aliphatic heterocycles. The second-order valence-electron chi connectivity index (χ2n) is 4.82. The third-order valence-corrected chi connectivity index (χ3v) is 4.07. The van der Waals surface area contributed by atoms with E-state index in [2.05, 4.69) is 0 Å². The molecule has 5 heteroatoms. The summed E-state index contributed by atoms with van der Waals surface area (Å²) in [5.41, 5.74) is 0.267. The zero-order chi connectivity index (χ0) is 13.2. The van der Waals surface area contributed by atoms with Gasteiger partial charge in [0, 0.05) is 15.4 Å². The first-order valence-electron chi connectivity index (χ1n) is 5.91.